The maximum absolute atomic E-state index is 13.5. The number of carbonyl (C=O) groups is 1. The topological polar surface area (TPSA) is 73.7 Å². The van der Waals surface area contributed by atoms with Gasteiger partial charge in [0.15, 0.2) is 11.5 Å². The van der Waals surface area contributed by atoms with E-state index in [9.17, 15) is 9.59 Å². The van der Waals surface area contributed by atoms with Crippen LogP contribution in [0, 0.1) is 6.92 Å². The smallest absolute Gasteiger partial charge is 0.272 e. The van der Waals surface area contributed by atoms with Crippen LogP contribution in [-0.4, -0.2) is 40.1 Å². The molecule has 0 radical (unpaired) electrons. The van der Waals surface area contributed by atoms with Crippen LogP contribution in [0.2, 0.25) is 0 Å². The molecule has 1 atom stereocenters. The Morgan fingerprint density at radius 3 is 2.72 bits per heavy atom. The van der Waals surface area contributed by atoms with Gasteiger partial charge < -0.3 is 18.9 Å². The fourth-order valence-corrected chi connectivity index (χ4v) is 4.73. The third kappa shape index (κ3) is 3.51. The Balaban J connectivity index is 1.47. The van der Waals surface area contributed by atoms with Crippen molar-refractivity contribution in [2.24, 2.45) is 0 Å². The molecule has 1 amide bonds. The van der Waals surface area contributed by atoms with E-state index in [1.165, 1.54) is 0 Å². The van der Waals surface area contributed by atoms with Crippen LogP contribution in [0.15, 0.2) is 41.2 Å². The molecule has 2 aliphatic rings. The summed E-state index contributed by atoms with van der Waals surface area (Å²) in [4.78, 5) is 32.3. The summed E-state index contributed by atoms with van der Waals surface area (Å²) in [7, 11) is 0. The molecule has 7 nitrogen and oxygen atoms in total. The van der Waals surface area contributed by atoms with Crippen LogP contribution >= 0.6 is 0 Å². The number of aromatic nitrogens is 2. The van der Waals surface area contributed by atoms with Crippen molar-refractivity contribution in [2.45, 2.75) is 45.7 Å². The van der Waals surface area contributed by atoms with Gasteiger partial charge in [-0.25, -0.2) is 4.98 Å². The number of fused-ring (bicyclic) bond motifs is 2. The molecule has 0 bridgehead atoms. The zero-order valence-electron chi connectivity index (χ0n) is 18.5. The maximum atomic E-state index is 13.5. The number of benzene rings is 2. The van der Waals surface area contributed by atoms with Crippen molar-refractivity contribution >= 4 is 16.9 Å². The van der Waals surface area contributed by atoms with E-state index in [0.29, 0.717) is 43.1 Å². The number of nitrogens with zero attached hydrogens (tertiary/aromatic N) is 3. The normalized spacial score (nSPS) is 18.1. The maximum Gasteiger partial charge on any atom is 0.272 e. The van der Waals surface area contributed by atoms with Crippen LogP contribution in [0.3, 0.4) is 0 Å². The molecule has 0 spiro atoms. The molecule has 1 aromatic heterocycles. The van der Waals surface area contributed by atoms with Crippen LogP contribution in [-0.2, 0) is 6.54 Å². The molecule has 0 N–H and O–H groups in total. The summed E-state index contributed by atoms with van der Waals surface area (Å²) < 4.78 is 13.3. The molecular formula is C25H27N3O4. The Labute approximate surface area is 186 Å². The molecule has 0 saturated carbocycles. The van der Waals surface area contributed by atoms with Crippen LogP contribution < -0.4 is 15.0 Å². The lowest BCUT2D eigenvalue weighted by Gasteiger charge is -2.26. The van der Waals surface area contributed by atoms with Crippen LogP contribution in [0.1, 0.15) is 53.8 Å². The van der Waals surface area contributed by atoms with Crippen molar-refractivity contribution in [2.75, 3.05) is 19.8 Å². The van der Waals surface area contributed by atoms with Gasteiger partial charge >= 0.3 is 0 Å². The zero-order valence-corrected chi connectivity index (χ0v) is 18.5. The predicted octanol–water partition coefficient (Wildman–Crippen LogP) is 3.86. The number of amides is 1. The van der Waals surface area contributed by atoms with Gasteiger partial charge in [-0.05, 0) is 62.6 Å². The number of likely N-dealkylation sites (tertiary alicyclic amines) is 1. The molecule has 1 saturated heterocycles. The van der Waals surface area contributed by atoms with Crippen molar-refractivity contribution in [3.8, 4) is 11.5 Å². The molecule has 0 aliphatic carbocycles. The Morgan fingerprint density at radius 1 is 1.09 bits per heavy atom. The van der Waals surface area contributed by atoms with Gasteiger partial charge in [-0.1, -0.05) is 6.07 Å². The van der Waals surface area contributed by atoms with E-state index >= 15 is 0 Å². The largest absolute Gasteiger partial charge is 0.490 e. The third-order valence-corrected chi connectivity index (χ3v) is 6.34. The van der Waals surface area contributed by atoms with Gasteiger partial charge in [0.2, 0.25) is 0 Å². The number of hydrogen-bond acceptors (Lipinski definition) is 5. The number of ether oxygens (including phenoxy) is 2. The average molecular weight is 434 g/mol. The van der Waals surface area contributed by atoms with E-state index in [1.807, 2.05) is 36.1 Å². The van der Waals surface area contributed by atoms with E-state index in [-0.39, 0.29) is 17.5 Å². The Bertz CT molecular complexity index is 1250. The summed E-state index contributed by atoms with van der Waals surface area (Å²) in [5.41, 5.74) is 3.42. The van der Waals surface area contributed by atoms with Crippen molar-refractivity contribution < 1.29 is 14.3 Å². The molecule has 2 aliphatic heterocycles. The summed E-state index contributed by atoms with van der Waals surface area (Å²) in [6, 6.07) is 11.4. The van der Waals surface area contributed by atoms with Gasteiger partial charge in [0.25, 0.3) is 11.5 Å². The summed E-state index contributed by atoms with van der Waals surface area (Å²) >= 11 is 0. The minimum absolute atomic E-state index is 0.00496. The van der Waals surface area contributed by atoms with Crippen LogP contribution in [0.4, 0.5) is 0 Å². The quantitative estimate of drug-likeness (QED) is 0.627. The first-order chi connectivity index (χ1) is 15.6. The van der Waals surface area contributed by atoms with Gasteiger partial charge in [0, 0.05) is 25.1 Å². The zero-order chi connectivity index (χ0) is 22.2. The number of hydrogen-bond donors (Lipinski definition) is 0. The van der Waals surface area contributed by atoms with Gasteiger partial charge in [0.1, 0.15) is 5.69 Å². The summed E-state index contributed by atoms with van der Waals surface area (Å²) in [5.74, 6) is 1.50. The van der Waals surface area contributed by atoms with E-state index in [2.05, 4.69) is 4.98 Å². The Morgan fingerprint density at radius 2 is 1.91 bits per heavy atom. The van der Waals surface area contributed by atoms with E-state index in [0.717, 1.165) is 41.8 Å². The van der Waals surface area contributed by atoms with E-state index in [1.54, 1.807) is 23.6 Å². The molecule has 32 heavy (non-hydrogen) atoms. The summed E-state index contributed by atoms with van der Waals surface area (Å²) in [6.45, 7) is 6.20. The fraction of sp³-hybridized carbons (Fsp3) is 0.400. The lowest BCUT2D eigenvalue weighted by Crippen LogP contribution is -2.30. The van der Waals surface area contributed by atoms with Crippen molar-refractivity contribution in [3.63, 3.8) is 0 Å². The van der Waals surface area contributed by atoms with E-state index < -0.39 is 0 Å². The first-order valence-electron chi connectivity index (χ1n) is 11.3. The standard InChI is InChI=1S/C25H27N3O4/c1-3-27-21-9-7-18(14-19(21)26-16(2)24(27)29)25(30)28-11-4-6-20(28)17-8-10-22-23(15-17)32-13-5-12-31-22/h7-10,14-15,20H,3-6,11-13H2,1-2H3/t20-/m0/s1. The van der Waals surface area contributed by atoms with Crippen molar-refractivity contribution in [3.05, 3.63) is 63.6 Å². The molecule has 5 rings (SSSR count). The molecule has 0 unspecified atom stereocenters. The SMILES string of the molecule is CCn1c(=O)c(C)nc2cc(C(=O)N3CCC[C@H]3c3ccc4c(c3)OCCCO4)ccc21. The summed E-state index contributed by atoms with van der Waals surface area (Å²) in [6.07, 6.45) is 2.72. The highest BCUT2D eigenvalue weighted by molar-refractivity contribution is 5.97. The second-order valence-electron chi connectivity index (χ2n) is 8.36. The molecule has 2 aromatic carbocycles. The molecule has 3 aromatic rings. The van der Waals surface area contributed by atoms with Crippen LogP contribution in [0.25, 0.3) is 11.0 Å². The number of carbonyl (C=O) groups excluding carboxylic acids is 1. The molecular weight excluding hydrogens is 406 g/mol. The molecule has 3 heterocycles. The second-order valence-corrected chi connectivity index (χ2v) is 8.36. The first-order valence-corrected chi connectivity index (χ1v) is 11.3. The highest BCUT2D eigenvalue weighted by Crippen LogP contribution is 2.38. The lowest BCUT2D eigenvalue weighted by atomic mass is 10.0. The van der Waals surface area contributed by atoms with E-state index in [4.69, 9.17) is 9.47 Å². The molecule has 7 heteroatoms. The summed E-state index contributed by atoms with van der Waals surface area (Å²) in [5, 5.41) is 0. The highest BCUT2D eigenvalue weighted by atomic mass is 16.5. The van der Waals surface area contributed by atoms with Crippen molar-refractivity contribution in [1.82, 2.24) is 14.5 Å². The fourth-order valence-electron chi connectivity index (χ4n) is 4.73. The second kappa shape index (κ2) is 8.30. The predicted molar refractivity (Wildman–Crippen MR) is 121 cm³/mol. The van der Waals surface area contributed by atoms with Crippen LogP contribution in [0.5, 0.6) is 11.5 Å². The minimum atomic E-state index is -0.0897. The molecule has 1 fully saturated rings. The van der Waals surface area contributed by atoms with Gasteiger partial charge in [-0.15, -0.1) is 0 Å². The highest BCUT2D eigenvalue weighted by Gasteiger charge is 2.31. The Hall–Kier alpha value is -3.35. The molecule has 166 valence electrons. The van der Waals surface area contributed by atoms with Gasteiger partial charge in [-0.2, -0.15) is 0 Å². The number of rotatable bonds is 3. The first kappa shape index (κ1) is 20.5. The van der Waals surface area contributed by atoms with Crippen molar-refractivity contribution in [1.29, 1.82) is 0 Å². The minimum Gasteiger partial charge on any atom is -0.490 e. The third-order valence-electron chi connectivity index (χ3n) is 6.34. The lowest BCUT2D eigenvalue weighted by molar-refractivity contribution is 0.0735. The average Bonchev–Trinajstić information content (AvgIpc) is 3.17. The monoisotopic (exact) mass is 433 g/mol. The Kier molecular flexibility index (Phi) is 5.33. The van der Waals surface area contributed by atoms with Gasteiger partial charge in [-0.3, -0.25) is 9.59 Å². The number of aryl methyl sites for hydroxylation is 2. The van der Waals surface area contributed by atoms with Gasteiger partial charge in [0.05, 0.1) is 30.3 Å².